The van der Waals surface area contributed by atoms with Gasteiger partial charge >= 0.3 is 0 Å². The summed E-state index contributed by atoms with van der Waals surface area (Å²) in [4.78, 5) is 17.9. The number of aromatic nitrogens is 1. The van der Waals surface area contributed by atoms with Gasteiger partial charge in [-0.3, -0.25) is 4.79 Å². The fraction of sp³-hybridized carbons (Fsp3) is 0.192. The lowest BCUT2D eigenvalue weighted by molar-refractivity contribution is 0.0741. The molecular weight excluding hydrogens is 480 g/mol. The maximum Gasteiger partial charge on any atom is 0.254 e. The molecular formula is C26H25BrN4O2. The first kappa shape index (κ1) is 22.7. The smallest absolute Gasteiger partial charge is 0.254 e. The maximum atomic E-state index is 13.2. The molecule has 0 aliphatic rings. The van der Waals surface area contributed by atoms with Crippen LogP contribution in [0.5, 0.6) is 5.88 Å². The van der Waals surface area contributed by atoms with Crippen LogP contribution in [0.3, 0.4) is 0 Å². The van der Waals surface area contributed by atoms with Crippen molar-refractivity contribution in [1.29, 1.82) is 0 Å². The minimum Gasteiger partial charge on any atom is -0.493 e. The molecule has 0 atom stereocenters. The molecule has 0 unspecified atom stereocenters. The quantitative estimate of drug-likeness (QED) is 0.243. The van der Waals surface area contributed by atoms with Crippen LogP contribution in [0.1, 0.15) is 35.7 Å². The molecule has 0 fully saturated rings. The molecule has 4 aromatic rings. The Hall–Kier alpha value is -3.45. The van der Waals surface area contributed by atoms with Crippen molar-refractivity contribution in [3.63, 3.8) is 0 Å². The van der Waals surface area contributed by atoms with E-state index < -0.39 is 0 Å². The summed E-state index contributed by atoms with van der Waals surface area (Å²) in [5.41, 5.74) is 3.46. The Bertz CT molecular complexity index is 1270. The minimum atomic E-state index is -0.0360. The molecule has 3 aromatic carbocycles. The summed E-state index contributed by atoms with van der Waals surface area (Å²) in [7, 11) is 0. The summed E-state index contributed by atoms with van der Waals surface area (Å²) in [6.07, 6.45) is 1.98. The van der Waals surface area contributed by atoms with Crippen molar-refractivity contribution >= 4 is 44.1 Å². The molecule has 6 nitrogen and oxygen atoms in total. The van der Waals surface area contributed by atoms with Gasteiger partial charge < -0.3 is 15.0 Å². The van der Waals surface area contributed by atoms with E-state index in [2.05, 4.69) is 38.1 Å². The van der Waals surface area contributed by atoms with Crippen molar-refractivity contribution < 1.29 is 9.90 Å². The van der Waals surface area contributed by atoms with E-state index >= 15 is 0 Å². The number of nitrogens with one attached hydrogen (secondary N) is 1. The van der Waals surface area contributed by atoms with E-state index in [4.69, 9.17) is 0 Å². The summed E-state index contributed by atoms with van der Waals surface area (Å²) in [5.74, 6) is -0.0407. The van der Waals surface area contributed by atoms with Crippen LogP contribution in [-0.4, -0.2) is 27.4 Å². The molecule has 0 spiro atoms. The molecule has 2 N–H and O–H groups in total. The number of aromatic hydroxyl groups is 1. The molecule has 0 saturated heterocycles. The van der Waals surface area contributed by atoms with E-state index in [1.807, 2.05) is 53.4 Å². The van der Waals surface area contributed by atoms with Crippen molar-refractivity contribution in [2.75, 3.05) is 6.54 Å². The van der Waals surface area contributed by atoms with E-state index in [1.54, 1.807) is 24.3 Å². The van der Waals surface area contributed by atoms with Crippen LogP contribution in [0.25, 0.3) is 10.9 Å². The van der Waals surface area contributed by atoms with Crippen LogP contribution in [-0.2, 0) is 6.54 Å². The Morgan fingerprint density at radius 3 is 2.52 bits per heavy atom. The maximum absolute atomic E-state index is 13.2. The zero-order chi connectivity index (χ0) is 23.2. The highest BCUT2D eigenvalue weighted by molar-refractivity contribution is 9.10. The lowest BCUT2D eigenvalue weighted by Crippen LogP contribution is -2.31. The van der Waals surface area contributed by atoms with Crippen molar-refractivity contribution in [2.45, 2.75) is 26.3 Å². The summed E-state index contributed by atoms with van der Waals surface area (Å²) >= 11 is 3.44. The molecule has 0 aliphatic carbocycles. The van der Waals surface area contributed by atoms with Crippen LogP contribution in [0.4, 0.5) is 11.4 Å². The summed E-state index contributed by atoms with van der Waals surface area (Å²) in [6, 6.07) is 22.7. The van der Waals surface area contributed by atoms with Crippen LogP contribution >= 0.6 is 15.9 Å². The van der Waals surface area contributed by atoms with E-state index in [0.29, 0.717) is 30.0 Å². The highest BCUT2D eigenvalue weighted by Crippen LogP contribution is 2.37. The average Bonchev–Trinajstić information content (AvgIpc) is 3.15. The standard InChI is InChI=1S/C26H25BrN4O2/c1-2-3-15-31(17-18-7-5-4-6-8-18)26(33)19-9-12-21(13-10-19)29-30-24-22-16-20(27)11-14-23(22)28-25(24)32/h4-14,16,28,32H,2-3,15,17H2,1H3. The van der Waals surface area contributed by atoms with Crippen LogP contribution in [0.2, 0.25) is 0 Å². The Balaban J connectivity index is 1.51. The molecule has 168 valence electrons. The zero-order valence-corrected chi connectivity index (χ0v) is 19.9. The third kappa shape index (κ3) is 5.49. The molecule has 7 heteroatoms. The van der Waals surface area contributed by atoms with E-state index in [-0.39, 0.29) is 11.8 Å². The van der Waals surface area contributed by atoms with Gasteiger partial charge in [-0.15, -0.1) is 5.11 Å². The normalized spacial score (nSPS) is 11.3. The van der Waals surface area contributed by atoms with E-state index in [0.717, 1.165) is 33.8 Å². The molecule has 0 radical (unpaired) electrons. The fourth-order valence-corrected chi connectivity index (χ4v) is 3.96. The van der Waals surface area contributed by atoms with E-state index in [9.17, 15) is 9.90 Å². The number of halogens is 1. The van der Waals surface area contributed by atoms with Gasteiger partial charge in [0.05, 0.1) is 11.2 Å². The van der Waals surface area contributed by atoms with Crippen molar-refractivity contribution in [3.05, 3.63) is 88.4 Å². The number of nitrogens with zero attached hydrogens (tertiary/aromatic N) is 3. The predicted molar refractivity (Wildman–Crippen MR) is 134 cm³/mol. The fourth-order valence-electron chi connectivity index (χ4n) is 3.60. The molecule has 33 heavy (non-hydrogen) atoms. The number of unbranched alkanes of at least 4 members (excludes halogenated alkanes) is 1. The number of hydrogen-bond acceptors (Lipinski definition) is 4. The molecule has 1 amide bonds. The average molecular weight is 505 g/mol. The number of aromatic amines is 1. The third-order valence-electron chi connectivity index (χ3n) is 5.38. The van der Waals surface area contributed by atoms with Crippen LogP contribution in [0.15, 0.2) is 87.5 Å². The van der Waals surface area contributed by atoms with Gasteiger partial charge in [-0.05, 0) is 54.4 Å². The topological polar surface area (TPSA) is 81.1 Å². The Morgan fingerprint density at radius 2 is 1.79 bits per heavy atom. The SMILES string of the molecule is CCCCN(Cc1ccccc1)C(=O)c1ccc(N=Nc2c(O)[nH]c3ccc(Br)cc23)cc1. The van der Waals surface area contributed by atoms with Gasteiger partial charge in [-0.2, -0.15) is 5.11 Å². The Morgan fingerprint density at radius 1 is 1.03 bits per heavy atom. The summed E-state index contributed by atoms with van der Waals surface area (Å²) in [6.45, 7) is 3.41. The van der Waals surface area contributed by atoms with Gasteiger partial charge in [-0.25, -0.2) is 0 Å². The van der Waals surface area contributed by atoms with Crippen LogP contribution < -0.4 is 0 Å². The third-order valence-corrected chi connectivity index (χ3v) is 5.87. The Kier molecular flexibility index (Phi) is 7.19. The number of carbonyl (C=O) groups excluding carboxylic acids is 1. The largest absolute Gasteiger partial charge is 0.493 e. The lowest BCUT2D eigenvalue weighted by Gasteiger charge is -2.23. The zero-order valence-electron chi connectivity index (χ0n) is 18.3. The number of benzene rings is 3. The van der Waals surface area contributed by atoms with Gasteiger partial charge in [-0.1, -0.05) is 59.6 Å². The lowest BCUT2D eigenvalue weighted by atomic mass is 10.1. The molecule has 1 heterocycles. The molecule has 4 rings (SSSR count). The monoisotopic (exact) mass is 504 g/mol. The minimum absolute atomic E-state index is 0.00471. The van der Waals surface area contributed by atoms with Crippen molar-refractivity contribution in [1.82, 2.24) is 9.88 Å². The highest BCUT2D eigenvalue weighted by atomic mass is 79.9. The van der Waals surface area contributed by atoms with E-state index in [1.165, 1.54) is 0 Å². The van der Waals surface area contributed by atoms with Gasteiger partial charge in [0.2, 0.25) is 5.88 Å². The number of fused-ring (bicyclic) bond motifs is 1. The first-order valence-corrected chi connectivity index (χ1v) is 11.7. The second-order valence-electron chi connectivity index (χ2n) is 7.82. The first-order valence-electron chi connectivity index (χ1n) is 10.9. The molecule has 0 saturated carbocycles. The van der Waals surface area contributed by atoms with Gasteiger partial charge in [0.25, 0.3) is 5.91 Å². The van der Waals surface area contributed by atoms with Crippen molar-refractivity contribution in [2.24, 2.45) is 10.2 Å². The highest BCUT2D eigenvalue weighted by Gasteiger charge is 2.16. The Labute approximate surface area is 201 Å². The van der Waals surface area contributed by atoms with Crippen molar-refractivity contribution in [3.8, 4) is 5.88 Å². The van der Waals surface area contributed by atoms with Gasteiger partial charge in [0, 0.05) is 28.5 Å². The predicted octanol–water partition coefficient (Wildman–Crippen LogP) is 7.49. The van der Waals surface area contributed by atoms with Crippen LogP contribution in [0, 0.1) is 0 Å². The molecule has 0 bridgehead atoms. The number of rotatable bonds is 8. The molecule has 0 aliphatic heterocycles. The number of hydrogen-bond donors (Lipinski definition) is 2. The summed E-state index contributed by atoms with van der Waals surface area (Å²) < 4.78 is 0.886. The number of azo groups is 1. The van der Waals surface area contributed by atoms with Gasteiger partial charge in [0.15, 0.2) is 5.69 Å². The number of H-pyrrole nitrogens is 1. The second kappa shape index (κ2) is 10.4. The number of carbonyl (C=O) groups is 1. The molecule has 1 aromatic heterocycles. The van der Waals surface area contributed by atoms with Gasteiger partial charge in [0.1, 0.15) is 0 Å². The summed E-state index contributed by atoms with van der Waals surface area (Å²) in [5, 5.41) is 19.5. The number of amides is 1. The second-order valence-corrected chi connectivity index (χ2v) is 8.74. The first-order chi connectivity index (χ1) is 16.0.